The van der Waals surface area contributed by atoms with E-state index in [1.165, 1.54) is 14.0 Å². The lowest BCUT2D eigenvalue weighted by molar-refractivity contribution is -0.145. The summed E-state index contributed by atoms with van der Waals surface area (Å²) in [5, 5.41) is 14.1. The van der Waals surface area contributed by atoms with E-state index in [4.69, 9.17) is 5.11 Å². The van der Waals surface area contributed by atoms with Crippen LogP contribution in [0, 0.1) is 5.92 Å². The van der Waals surface area contributed by atoms with Crippen LogP contribution in [0.4, 0.5) is 0 Å². The standard InChI is InChI=1S/C12H22N2O5/c1-7(2)5-9(12(18)19-4)13-6-10(11(16)17)14-8(3)15/h7,9-10,13H,5-6H2,1-4H3,(H,14,15)(H,16,17). The summed E-state index contributed by atoms with van der Waals surface area (Å²) in [7, 11) is 1.28. The number of carbonyl (C=O) groups is 3. The highest BCUT2D eigenvalue weighted by atomic mass is 16.5. The number of carboxylic acids is 1. The van der Waals surface area contributed by atoms with Crippen molar-refractivity contribution in [2.24, 2.45) is 5.92 Å². The van der Waals surface area contributed by atoms with Gasteiger partial charge in [0.2, 0.25) is 5.91 Å². The largest absolute Gasteiger partial charge is 0.480 e. The van der Waals surface area contributed by atoms with Crippen LogP contribution in [-0.2, 0) is 19.1 Å². The maximum atomic E-state index is 11.5. The molecule has 2 unspecified atom stereocenters. The van der Waals surface area contributed by atoms with Gasteiger partial charge in [0.05, 0.1) is 7.11 Å². The van der Waals surface area contributed by atoms with Gasteiger partial charge in [0.15, 0.2) is 0 Å². The topological polar surface area (TPSA) is 105 Å². The Kier molecular flexibility index (Phi) is 7.74. The van der Waals surface area contributed by atoms with Gasteiger partial charge in [0.25, 0.3) is 0 Å². The lowest BCUT2D eigenvalue weighted by Crippen LogP contribution is -2.50. The molecule has 3 N–H and O–H groups in total. The Morgan fingerprint density at radius 2 is 1.79 bits per heavy atom. The van der Waals surface area contributed by atoms with Crippen molar-refractivity contribution < 1.29 is 24.2 Å². The van der Waals surface area contributed by atoms with Crippen LogP contribution in [0.5, 0.6) is 0 Å². The van der Waals surface area contributed by atoms with E-state index in [2.05, 4.69) is 15.4 Å². The zero-order valence-electron chi connectivity index (χ0n) is 11.7. The fourth-order valence-corrected chi connectivity index (χ4v) is 1.58. The number of aliphatic carboxylic acids is 1. The van der Waals surface area contributed by atoms with Crippen molar-refractivity contribution in [2.75, 3.05) is 13.7 Å². The van der Waals surface area contributed by atoms with Gasteiger partial charge in [-0.1, -0.05) is 13.8 Å². The SMILES string of the molecule is COC(=O)C(CC(C)C)NCC(NC(C)=O)C(=O)O. The van der Waals surface area contributed by atoms with Crippen LogP contribution >= 0.6 is 0 Å². The molecular weight excluding hydrogens is 252 g/mol. The molecule has 0 aliphatic carbocycles. The smallest absolute Gasteiger partial charge is 0.327 e. The minimum Gasteiger partial charge on any atom is -0.480 e. The summed E-state index contributed by atoms with van der Waals surface area (Å²) >= 11 is 0. The summed E-state index contributed by atoms with van der Waals surface area (Å²) < 4.78 is 4.65. The first-order chi connectivity index (χ1) is 8.77. The van der Waals surface area contributed by atoms with E-state index in [-0.39, 0.29) is 12.5 Å². The molecule has 0 aromatic heterocycles. The third-order valence-corrected chi connectivity index (χ3v) is 2.44. The van der Waals surface area contributed by atoms with Gasteiger partial charge in [-0.25, -0.2) is 4.79 Å². The fraction of sp³-hybridized carbons (Fsp3) is 0.750. The number of hydrogen-bond acceptors (Lipinski definition) is 5. The molecule has 110 valence electrons. The van der Waals surface area contributed by atoms with Crippen LogP contribution in [0.3, 0.4) is 0 Å². The zero-order chi connectivity index (χ0) is 15.0. The highest BCUT2D eigenvalue weighted by Crippen LogP contribution is 2.06. The van der Waals surface area contributed by atoms with Crippen molar-refractivity contribution in [3.63, 3.8) is 0 Å². The predicted octanol–water partition coefficient (Wildman–Crippen LogP) is -0.247. The van der Waals surface area contributed by atoms with Gasteiger partial charge in [-0.15, -0.1) is 0 Å². The predicted molar refractivity (Wildman–Crippen MR) is 68.5 cm³/mol. The minimum atomic E-state index is -1.16. The van der Waals surface area contributed by atoms with Crippen molar-refractivity contribution in [2.45, 2.75) is 39.3 Å². The quantitative estimate of drug-likeness (QED) is 0.527. The molecule has 7 heteroatoms. The second-order valence-corrected chi connectivity index (χ2v) is 4.70. The van der Waals surface area contributed by atoms with E-state index in [1.54, 1.807) is 0 Å². The third-order valence-electron chi connectivity index (χ3n) is 2.44. The van der Waals surface area contributed by atoms with Crippen molar-refractivity contribution in [1.82, 2.24) is 10.6 Å². The molecular formula is C12H22N2O5. The summed E-state index contributed by atoms with van der Waals surface area (Å²) in [5.74, 6) is -1.79. The number of carboxylic acid groups (broad SMARTS) is 1. The van der Waals surface area contributed by atoms with Gasteiger partial charge in [-0.05, 0) is 12.3 Å². The van der Waals surface area contributed by atoms with Gasteiger partial charge >= 0.3 is 11.9 Å². The van der Waals surface area contributed by atoms with Crippen LogP contribution < -0.4 is 10.6 Å². The zero-order valence-corrected chi connectivity index (χ0v) is 11.7. The lowest BCUT2D eigenvalue weighted by atomic mass is 10.0. The van der Waals surface area contributed by atoms with Gasteiger partial charge in [0.1, 0.15) is 12.1 Å². The molecule has 0 bridgehead atoms. The first-order valence-electron chi connectivity index (χ1n) is 6.09. The number of ether oxygens (including phenoxy) is 1. The van der Waals surface area contributed by atoms with Crippen LogP contribution in [0.15, 0.2) is 0 Å². The minimum absolute atomic E-state index is 0.0403. The first kappa shape index (κ1) is 17.4. The fourth-order valence-electron chi connectivity index (χ4n) is 1.58. The van der Waals surface area contributed by atoms with E-state index < -0.39 is 29.9 Å². The molecule has 0 aromatic carbocycles. The van der Waals surface area contributed by atoms with Gasteiger partial charge in [0, 0.05) is 13.5 Å². The van der Waals surface area contributed by atoms with Crippen molar-refractivity contribution in [1.29, 1.82) is 0 Å². The molecule has 1 amide bonds. The maximum Gasteiger partial charge on any atom is 0.327 e. The maximum absolute atomic E-state index is 11.5. The molecule has 0 fully saturated rings. The lowest BCUT2D eigenvalue weighted by Gasteiger charge is -2.21. The Morgan fingerprint density at radius 1 is 1.21 bits per heavy atom. The second kappa shape index (κ2) is 8.47. The normalized spacial score (nSPS) is 13.7. The summed E-state index contributed by atoms with van der Waals surface area (Å²) in [6, 6.07) is -1.66. The van der Waals surface area contributed by atoms with Crippen molar-refractivity contribution in [3.05, 3.63) is 0 Å². The molecule has 0 saturated heterocycles. The average Bonchev–Trinajstić information content (AvgIpc) is 2.30. The number of hydrogen-bond donors (Lipinski definition) is 3. The molecule has 0 saturated carbocycles. The second-order valence-electron chi connectivity index (χ2n) is 4.70. The Bertz CT molecular complexity index is 330. The van der Waals surface area contributed by atoms with Crippen molar-refractivity contribution >= 4 is 17.8 Å². The van der Waals surface area contributed by atoms with Gasteiger partial charge in [-0.3, -0.25) is 9.59 Å². The van der Waals surface area contributed by atoms with E-state index in [1.807, 2.05) is 13.8 Å². The molecule has 19 heavy (non-hydrogen) atoms. The Labute approximate surface area is 112 Å². The molecule has 0 radical (unpaired) electrons. The highest BCUT2D eigenvalue weighted by Gasteiger charge is 2.24. The van der Waals surface area contributed by atoms with E-state index in [9.17, 15) is 14.4 Å². The summed E-state index contributed by atoms with van der Waals surface area (Å²) in [4.78, 5) is 33.3. The number of rotatable bonds is 8. The molecule has 0 spiro atoms. The van der Waals surface area contributed by atoms with E-state index >= 15 is 0 Å². The Hall–Kier alpha value is -1.63. The average molecular weight is 274 g/mol. The highest BCUT2D eigenvalue weighted by molar-refractivity contribution is 5.82. The molecule has 0 aromatic rings. The number of amides is 1. The van der Waals surface area contributed by atoms with Crippen LogP contribution in [-0.4, -0.2) is 48.7 Å². The van der Waals surface area contributed by atoms with Crippen LogP contribution in [0.2, 0.25) is 0 Å². The van der Waals surface area contributed by atoms with E-state index in [0.717, 1.165) is 0 Å². The molecule has 0 aliphatic heterocycles. The molecule has 7 nitrogen and oxygen atoms in total. The van der Waals surface area contributed by atoms with Crippen LogP contribution in [0.1, 0.15) is 27.2 Å². The summed E-state index contributed by atoms with van der Waals surface area (Å²) in [6.45, 7) is 5.09. The molecule has 2 atom stereocenters. The molecule has 0 heterocycles. The van der Waals surface area contributed by atoms with Crippen molar-refractivity contribution in [3.8, 4) is 0 Å². The molecule has 0 rings (SSSR count). The summed E-state index contributed by atoms with van der Waals surface area (Å²) in [5.41, 5.74) is 0. The number of esters is 1. The Balaban J connectivity index is 4.52. The molecule has 0 aliphatic rings. The van der Waals surface area contributed by atoms with E-state index in [0.29, 0.717) is 6.42 Å². The number of methoxy groups -OCH3 is 1. The number of carbonyl (C=O) groups excluding carboxylic acids is 2. The van der Waals surface area contributed by atoms with Crippen LogP contribution in [0.25, 0.3) is 0 Å². The monoisotopic (exact) mass is 274 g/mol. The Morgan fingerprint density at radius 3 is 2.16 bits per heavy atom. The van der Waals surface area contributed by atoms with Gasteiger partial charge < -0.3 is 20.5 Å². The summed E-state index contributed by atoms with van der Waals surface area (Å²) in [6.07, 6.45) is 0.527. The van der Waals surface area contributed by atoms with Gasteiger partial charge in [-0.2, -0.15) is 0 Å². The third kappa shape index (κ3) is 7.40. The first-order valence-corrected chi connectivity index (χ1v) is 6.09. The number of nitrogens with one attached hydrogen (secondary N) is 2.